The van der Waals surface area contributed by atoms with Crippen molar-refractivity contribution >= 4 is 18.5 Å². The van der Waals surface area contributed by atoms with Crippen LogP contribution >= 0.6 is 11.1 Å². The molecule has 1 nitrogen and oxygen atoms in total. The molecule has 0 aliphatic heterocycles. The molecule has 0 aromatic heterocycles. The lowest BCUT2D eigenvalue weighted by molar-refractivity contribution is -0.919. The third-order valence-electron chi connectivity index (χ3n) is 3.67. The summed E-state index contributed by atoms with van der Waals surface area (Å²) in [7, 11) is -1.50. The van der Waals surface area contributed by atoms with E-state index in [4.69, 9.17) is 11.1 Å². The van der Waals surface area contributed by atoms with E-state index in [1.54, 1.807) is 0 Å². The molecule has 0 unspecified atom stereocenters. The van der Waals surface area contributed by atoms with Crippen LogP contribution in [-0.2, 0) is 0 Å². The quantitative estimate of drug-likeness (QED) is 0.310. The van der Waals surface area contributed by atoms with E-state index in [-0.39, 0.29) is 12.4 Å². The predicted octanol–water partition coefficient (Wildman–Crippen LogP) is 2.19. The lowest BCUT2D eigenvalue weighted by Gasteiger charge is -2.42. The smallest absolute Gasteiger partial charge is 0.211 e. The van der Waals surface area contributed by atoms with E-state index in [9.17, 15) is 0 Å². The number of hydrogen-bond donors (Lipinski definition) is 0. The van der Waals surface area contributed by atoms with Gasteiger partial charge in [0.25, 0.3) is 0 Å². The molecule has 0 fully saturated rings. The first-order valence-corrected chi connectivity index (χ1v) is 12.1. The van der Waals surface area contributed by atoms with E-state index < -0.39 is 7.38 Å². The number of nitrogens with zero attached hydrogens (tertiary/aromatic N) is 1. The maximum atomic E-state index is 6.68. The van der Waals surface area contributed by atoms with Crippen molar-refractivity contribution in [2.45, 2.75) is 72.4 Å². The number of unbranched alkanes of at least 4 members (excludes halogenated alkanes) is 3. The summed E-state index contributed by atoms with van der Waals surface area (Å²) in [6, 6.07) is 0. The Balaban J connectivity index is 0. The molecule has 0 radical (unpaired) electrons. The molecule has 0 heterocycles. The zero-order valence-electron chi connectivity index (χ0n) is 13.8. The molecule has 0 N–H and O–H groups in total. The Bertz CT molecular complexity index is 183. The molecule has 0 atom stereocenters. The first kappa shape index (κ1) is 22.0. The fourth-order valence-corrected chi connectivity index (χ4v) is 5.68. The lowest BCUT2D eigenvalue weighted by Crippen LogP contribution is -3.00. The summed E-state index contributed by atoms with van der Waals surface area (Å²) in [5.41, 5.74) is 0. The van der Waals surface area contributed by atoms with E-state index in [2.05, 4.69) is 33.9 Å². The van der Waals surface area contributed by atoms with Crippen LogP contribution in [0.1, 0.15) is 59.3 Å². The molecule has 0 saturated carbocycles. The van der Waals surface area contributed by atoms with Crippen molar-refractivity contribution in [3.63, 3.8) is 0 Å². The molecular weight excluding hydrogens is 293 g/mol. The minimum absolute atomic E-state index is 0. The van der Waals surface area contributed by atoms with Crippen LogP contribution in [0.15, 0.2) is 0 Å². The molecule has 118 valence electrons. The molecule has 0 rings (SSSR count). The third-order valence-corrected chi connectivity index (χ3v) is 5.45. The van der Waals surface area contributed by atoms with E-state index in [0.717, 1.165) is 0 Å². The molecule has 0 aliphatic carbocycles. The number of rotatable bonds is 11. The highest BCUT2D eigenvalue weighted by atomic mass is 35.6. The summed E-state index contributed by atoms with van der Waals surface area (Å²) < 4.78 is 1.30. The van der Waals surface area contributed by atoms with Gasteiger partial charge in [-0.25, -0.2) is 0 Å². The van der Waals surface area contributed by atoms with Crippen molar-refractivity contribution in [1.82, 2.24) is 0 Å². The van der Waals surface area contributed by atoms with Crippen molar-refractivity contribution in [2.24, 2.45) is 0 Å². The number of quaternary nitrogens is 1. The highest BCUT2D eigenvalue weighted by Gasteiger charge is 2.34. The lowest BCUT2D eigenvalue weighted by atomic mass is 10.2. The Kier molecular flexibility index (Phi) is 13.3. The largest absolute Gasteiger partial charge is 1.00 e. The highest BCUT2D eigenvalue weighted by Crippen LogP contribution is 2.21. The fraction of sp³-hybridized carbons (Fsp3) is 1.00. The van der Waals surface area contributed by atoms with E-state index >= 15 is 0 Å². The number of hydrogen-bond acceptors (Lipinski definition) is 0. The Morgan fingerprint density at radius 1 is 0.789 bits per heavy atom. The second-order valence-electron chi connectivity index (χ2n) is 6.45. The second kappa shape index (κ2) is 11.4. The van der Waals surface area contributed by atoms with Crippen molar-refractivity contribution in [1.29, 1.82) is 0 Å². The average molecular weight is 328 g/mol. The molecule has 0 spiro atoms. The summed E-state index contributed by atoms with van der Waals surface area (Å²) in [5, 5.41) is 0. The first-order chi connectivity index (χ1) is 8.39. The molecular formula is C15H35Cl2NSi. The van der Waals surface area contributed by atoms with Crippen molar-refractivity contribution in [3.05, 3.63) is 0 Å². The maximum Gasteiger partial charge on any atom is 0.211 e. The molecule has 19 heavy (non-hydrogen) atoms. The van der Waals surface area contributed by atoms with Gasteiger partial charge in [0.2, 0.25) is 7.38 Å². The normalized spacial score (nSPS) is 12.3. The van der Waals surface area contributed by atoms with Gasteiger partial charge in [0.1, 0.15) is 0 Å². The molecule has 0 aromatic rings. The van der Waals surface area contributed by atoms with Crippen LogP contribution in [-0.4, -0.2) is 37.7 Å². The van der Waals surface area contributed by atoms with Gasteiger partial charge in [-0.3, -0.25) is 0 Å². The Hall–Kier alpha value is 0.757. The standard InChI is InChI=1S/C15H35ClNSi.ClH/c1-6-9-12-17(13-10-7-2,14-11-8-3)15-18(4,5)16;/h6-15H2,1-5H3;1H/q+1;/p-1. The first-order valence-electron chi connectivity index (χ1n) is 7.93. The van der Waals surface area contributed by atoms with Gasteiger partial charge in [-0.15, -0.1) is 0 Å². The van der Waals surface area contributed by atoms with Crippen LogP contribution < -0.4 is 12.4 Å². The topological polar surface area (TPSA) is 0 Å². The van der Waals surface area contributed by atoms with Crippen LogP contribution in [0.2, 0.25) is 13.1 Å². The second-order valence-corrected chi connectivity index (χ2v) is 13.3. The monoisotopic (exact) mass is 327 g/mol. The molecule has 0 bridgehead atoms. The Morgan fingerprint density at radius 2 is 1.11 bits per heavy atom. The Morgan fingerprint density at radius 3 is 1.32 bits per heavy atom. The zero-order chi connectivity index (χ0) is 14.1. The van der Waals surface area contributed by atoms with Crippen LogP contribution in [0.3, 0.4) is 0 Å². The molecule has 4 heteroatoms. The SMILES string of the molecule is CCCC[N+](CCCC)(CCCC)C[Si](C)(C)Cl.[Cl-]. The van der Waals surface area contributed by atoms with Gasteiger partial charge >= 0.3 is 0 Å². The summed E-state index contributed by atoms with van der Waals surface area (Å²) >= 11 is 6.68. The molecule has 0 amide bonds. The average Bonchev–Trinajstić information content (AvgIpc) is 2.29. The molecule has 0 aromatic carbocycles. The summed E-state index contributed by atoms with van der Waals surface area (Å²) in [4.78, 5) is 0. The van der Waals surface area contributed by atoms with E-state index in [0.29, 0.717) is 0 Å². The van der Waals surface area contributed by atoms with Crippen LogP contribution in [0.25, 0.3) is 0 Å². The maximum absolute atomic E-state index is 6.68. The summed E-state index contributed by atoms with van der Waals surface area (Å²) in [6.07, 6.45) is 9.25. The summed E-state index contributed by atoms with van der Waals surface area (Å²) in [6.45, 7) is 15.6. The fourth-order valence-electron chi connectivity index (χ4n) is 2.85. The van der Waals surface area contributed by atoms with Crippen LogP contribution in [0.4, 0.5) is 0 Å². The van der Waals surface area contributed by atoms with Gasteiger partial charge in [0.05, 0.1) is 25.8 Å². The van der Waals surface area contributed by atoms with Crippen LogP contribution in [0.5, 0.6) is 0 Å². The van der Waals surface area contributed by atoms with Gasteiger partial charge in [-0.2, -0.15) is 11.1 Å². The minimum atomic E-state index is -1.50. The number of halogens is 2. The molecule has 0 aliphatic rings. The van der Waals surface area contributed by atoms with Gasteiger partial charge in [-0.05, 0) is 19.3 Å². The van der Waals surface area contributed by atoms with Crippen molar-refractivity contribution in [3.8, 4) is 0 Å². The molecule has 0 saturated heterocycles. The highest BCUT2D eigenvalue weighted by molar-refractivity contribution is 7.19. The van der Waals surface area contributed by atoms with E-state index in [1.165, 1.54) is 68.8 Å². The van der Waals surface area contributed by atoms with Crippen LogP contribution in [0, 0.1) is 0 Å². The summed E-state index contributed by atoms with van der Waals surface area (Å²) in [5.74, 6) is 0. The van der Waals surface area contributed by atoms with Gasteiger partial charge in [0.15, 0.2) is 0 Å². The van der Waals surface area contributed by atoms with Gasteiger partial charge < -0.3 is 16.9 Å². The Labute approximate surface area is 133 Å². The minimum Gasteiger partial charge on any atom is -1.00 e. The van der Waals surface area contributed by atoms with Crippen molar-refractivity contribution < 1.29 is 16.9 Å². The van der Waals surface area contributed by atoms with Gasteiger partial charge in [-0.1, -0.05) is 53.1 Å². The third kappa shape index (κ3) is 11.1. The predicted molar refractivity (Wildman–Crippen MR) is 87.8 cm³/mol. The zero-order valence-corrected chi connectivity index (χ0v) is 16.3. The van der Waals surface area contributed by atoms with E-state index in [1.807, 2.05) is 0 Å². The van der Waals surface area contributed by atoms with Crippen molar-refractivity contribution in [2.75, 3.05) is 25.8 Å². The van der Waals surface area contributed by atoms with Gasteiger partial charge in [0, 0.05) is 0 Å².